The van der Waals surface area contributed by atoms with Crippen LogP contribution in [0.5, 0.6) is 5.75 Å². The third-order valence-corrected chi connectivity index (χ3v) is 2.02. The van der Waals surface area contributed by atoms with E-state index in [1.165, 1.54) is 6.20 Å². The molecule has 6 heteroatoms. The average molecular weight is 209 g/mol. The van der Waals surface area contributed by atoms with Crippen LogP contribution >= 0.6 is 0 Å². The molecule has 2 heterocycles. The molecule has 1 aromatic heterocycles. The van der Waals surface area contributed by atoms with E-state index in [-0.39, 0.29) is 11.9 Å². The molecular weight excluding hydrogens is 198 g/mol. The van der Waals surface area contributed by atoms with Crippen molar-refractivity contribution in [1.82, 2.24) is 4.98 Å². The van der Waals surface area contributed by atoms with E-state index in [0.29, 0.717) is 24.7 Å². The number of oxime groups is 1. The number of pyridine rings is 1. The molecule has 0 aromatic carbocycles. The molecule has 0 amide bonds. The van der Waals surface area contributed by atoms with Crippen LogP contribution in [-0.2, 0) is 4.74 Å². The quantitative estimate of drug-likeness (QED) is 0.315. The fourth-order valence-corrected chi connectivity index (χ4v) is 1.13. The van der Waals surface area contributed by atoms with Crippen molar-refractivity contribution >= 4 is 5.84 Å². The van der Waals surface area contributed by atoms with Crippen molar-refractivity contribution in [1.29, 1.82) is 0 Å². The maximum absolute atomic E-state index is 8.43. The van der Waals surface area contributed by atoms with Crippen molar-refractivity contribution in [2.45, 2.75) is 6.10 Å². The van der Waals surface area contributed by atoms with E-state index < -0.39 is 0 Å². The van der Waals surface area contributed by atoms with E-state index in [2.05, 4.69) is 10.1 Å². The first-order chi connectivity index (χ1) is 7.29. The molecule has 0 unspecified atom stereocenters. The summed E-state index contributed by atoms with van der Waals surface area (Å²) in [5.74, 6) is 0.631. The van der Waals surface area contributed by atoms with Crippen molar-refractivity contribution in [3.05, 3.63) is 24.0 Å². The molecule has 80 valence electrons. The van der Waals surface area contributed by atoms with Crippen LogP contribution in [0.25, 0.3) is 0 Å². The van der Waals surface area contributed by atoms with Gasteiger partial charge in [0.25, 0.3) is 0 Å². The molecule has 0 spiro atoms. The maximum atomic E-state index is 8.43. The number of ether oxygens (including phenoxy) is 2. The molecule has 1 aromatic rings. The number of hydrogen-bond donors (Lipinski definition) is 2. The van der Waals surface area contributed by atoms with Gasteiger partial charge >= 0.3 is 0 Å². The van der Waals surface area contributed by atoms with Gasteiger partial charge in [-0.15, -0.1) is 0 Å². The van der Waals surface area contributed by atoms with E-state index in [1.54, 1.807) is 12.1 Å². The molecule has 0 saturated carbocycles. The van der Waals surface area contributed by atoms with E-state index in [9.17, 15) is 0 Å². The summed E-state index contributed by atoms with van der Waals surface area (Å²) in [5, 5.41) is 11.3. The number of rotatable bonds is 3. The molecule has 0 atom stereocenters. The molecule has 0 radical (unpaired) electrons. The Labute approximate surface area is 86.3 Å². The highest BCUT2D eigenvalue weighted by atomic mass is 16.6. The highest BCUT2D eigenvalue weighted by Gasteiger charge is 2.20. The Balaban J connectivity index is 2.03. The summed E-state index contributed by atoms with van der Waals surface area (Å²) in [4.78, 5) is 3.98. The van der Waals surface area contributed by atoms with Crippen LogP contribution in [0.3, 0.4) is 0 Å². The van der Waals surface area contributed by atoms with Crippen molar-refractivity contribution in [3.8, 4) is 5.75 Å². The van der Waals surface area contributed by atoms with E-state index >= 15 is 0 Å². The molecule has 1 aliphatic heterocycles. The van der Waals surface area contributed by atoms with Gasteiger partial charge in [0.2, 0.25) is 0 Å². The van der Waals surface area contributed by atoms with Gasteiger partial charge < -0.3 is 20.4 Å². The zero-order chi connectivity index (χ0) is 10.7. The summed E-state index contributed by atoms with van der Waals surface area (Å²) in [6, 6.07) is 3.35. The molecule has 0 bridgehead atoms. The van der Waals surface area contributed by atoms with Crippen LogP contribution in [0.15, 0.2) is 23.5 Å². The third-order valence-electron chi connectivity index (χ3n) is 2.02. The number of amidine groups is 1. The Morgan fingerprint density at radius 2 is 2.40 bits per heavy atom. The zero-order valence-electron chi connectivity index (χ0n) is 7.96. The molecule has 15 heavy (non-hydrogen) atoms. The van der Waals surface area contributed by atoms with Gasteiger partial charge in [0.1, 0.15) is 17.5 Å². The molecule has 1 saturated heterocycles. The molecule has 1 fully saturated rings. The lowest BCUT2D eigenvalue weighted by molar-refractivity contribution is -0.0798. The Bertz CT molecular complexity index is 359. The highest BCUT2D eigenvalue weighted by Crippen LogP contribution is 2.14. The first kappa shape index (κ1) is 9.72. The lowest BCUT2D eigenvalue weighted by Gasteiger charge is -2.26. The second kappa shape index (κ2) is 4.14. The second-order valence-electron chi connectivity index (χ2n) is 3.14. The van der Waals surface area contributed by atoms with Gasteiger partial charge in [0.05, 0.1) is 19.4 Å². The molecule has 3 N–H and O–H groups in total. The molecule has 6 nitrogen and oxygen atoms in total. The minimum absolute atomic E-state index is 0.0199. The fraction of sp³-hybridized carbons (Fsp3) is 0.333. The number of nitrogens with two attached hydrogens (primary N) is 1. The maximum Gasteiger partial charge on any atom is 0.188 e. The van der Waals surface area contributed by atoms with Gasteiger partial charge in [-0.05, 0) is 12.1 Å². The Morgan fingerprint density at radius 3 is 2.87 bits per heavy atom. The largest absolute Gasteiger partial charge is 0.484 e. The van der Waals surface area contributed by atoms with E-state index in [0.717, 1.165) is 0 Å². The second-order valence-corrected chi connectivity index (χ2v) is 3.14. The smallest absolute Gasteiger partial charge is 0.188 e. The number of hydrogen-bond acceptors (Lipinski definition) is 5. The summed E-state index contributed by atoms with van der Waals surface area (Å²) < 4.78 is 10.5. The van der Waals surface area contributed by atoms with Gasteiger partial charge in [-0.2, -0.15) is 0 Å². The monoisotopic (exact) mass is 209 g/mol. The van der Waals surface area contributed by atoms with Gasteiger partial charge in [-0.1, -0.05) is 5.16 Å². The highest BCUT2D eigenvalue weighted by molar-refractivity contribution is 5.95. The van der Waals surface area contributed by atoms with Crippen LogP contribution < -0.4 is 10.5 Å². The van der Waals surface area contributed by atoms with Crippen LogP contribution in [0.1, 0.15) is 5.69 Å². The van der Waals surface area contributed by atoms with Crippen LogP contribution in [0, 0.1) is 0 Å². The van der Waals surface area contributed by atoms with Crippen molar-refractivity contribution < 1.29 is 14.7 Å². The molecule has 1 aliphatic rings. The summed E-state index contributed by atoms with van der Waals surface area (Å²) in [7, 11) is 0. The minimum atomic E-state index is -0.0199. The summed E-state index contributed by atoms with van der Waals surface area (Å²) in [5.41, 5.74) is 5.77. The summed E-state index contributed by atoms with van der Waals surface area (Å²) >= 11 is 0. The van der Waals surface area contributed by atoms with E-state index in [4.69, 9.17) is 20.4 Å². The average Bonchev–Trinajstić information content (AvgIpc) is 2.23. The van der Waals surface area contributed by atoms with Gasteiger partial charge in [0, 0.05) is 0 Å². The van der Waals surface area contributed by atoms with Crippen molar-refractivity contribution in [2.24, 2.45) is 10.9 Å². The first-order valence-electron chi connectivity index (χ1n) is 4.48. The molecular formula is C9H11N3O3. The number of nitrogens with zero attached hydrogens (tertiary/aromatic N) is 2. The van der Waals surface area contributed by atoms with Gasteiger partial charge in [0.15, 0.2) is 5.84 Å². The zero-order valence-corrected chi connectivity index (χ0v) is 7.96. The molecule has 0 aliphatic carbocycles. The summed E-state index contributed by atoms with van der Waals surface area (Å²) in [6.07, 6.45) is 1.65. The molecule has 2 rings (SSSR count). The van der Waals surface area contributed by atoms with Gasteiger partial charge in [-0.25, -0.2) is 4.98 Å². The Hall–Kier alpha value is -1.82. The van der Waals surface area contributed by atoms with Crippen LogP contribution in [-0.4, -0.2) is 35.3 Å². The van der Waals surface area contributed by atoms with Crippen LogP contribution in [0.2, 0.25) is 0 Å². The first-order valence-corrected chi connectivity index (χ1v) is 4.48. The van der Waals surface area contributed by atoms with Crippen molar-refractivity contribution in [3.63, 3.8) is 0 Å². The SMILES string of the molecule is N/C(=N/O)c1ccc(OC2COC2)cn1. The summed E-state index contributed by atoms with van der Waals surface area (Å²) in [6.45, 7) is 1.23. The topological polar surface area (TPSA) is 90.0 Å². The predicted molar refractivity (Wildman–Crippen MR) is 52.0 cm³/mol. The van der Waals surface area contributed by atoms with E-state index in [1.807, 2.05) is 0 Å². The van der Waals surface area contributed by atoms with Gasteiger partial charge in [-0.3, -0.25) is 0 Å². The lowest BCUT2D eigenvalue weighted by atomic mass is 10.3. The Morgan fingerprint density at radius 1 is 1.60 bits per heavy atom. The minimum Gasteiger partial charge on any atom is -0.484 e. The fourth-order valence-electron chi connectivity index (χ4n) is 1.13. The van der Waals surface area contributed by atoms with Crippen molar-refractivity contribution in [2.75, 3.05) is 13.2 Å². The normalized spacial score (nSPS) is 17.2. The lowest BCUT2D eigenvalue weighted by Crippen LogP contribution is -2.38. The Kier molecular flexibility index (Phi) is 2.68. The van der Waals surface area contributed by atoms with Crippen LogP contribution in [0.4, 0.5) is 0 Å². The standard InChI is InChI=1S/C9H11N3O3/c10-9(12-13)8-2-1-6(3-11-8)15-7-4-14-5-7/h1-3,7,13H,4-5H2,(H2,10,12). The number of aromatic nitrogens is 1. The third kappa shape index (κ3) is 2.16. The predicted octanol–water partition coefficient (Wildman–Crippen LogP) is -0.0463.